The highest BCUT2D eigenvalue weighted by atomic mass is 79.9. The number of hydrogen-bond acceptors (Lipinski definition) is 4. The lowest BCUT2D eigenvalue weighted by atomic mass is 10.4. The maximum absolute atomic E-state index is 4.29. The summed E-state index contributed by atoms with van der Waals surface area (Å²) in [4.78, 5) is 10.8. The van der Waals surface area contributed by atoms with Crippen LogP contribution in [0.3, 0.4) is 0 Å². The highest BCUT2D eigenvalue weighted by Gasteiger charge is 2.06. The highest BCUT2D eigenvalue weighted by molar-refractivity contribution is 9.10. The van der Waals surface area contributed by atoms with Gasteiger partial charge < -0.3 is 10.2 Å². The van der Waals surface area contributed by atoms with Crippen LogP contribution in [-0.4, -0.2) is 36.6 Å². The van der Waals surface area contributed by atoms with Crippen LogP contribution in [0, 0.1) is 0 Å². The predicted octanol–water partition coefficient (Wildman–Crippen LogP) is 1.67. The first-order chi connectivity index (χ1) is 7.27. The fourth-order valence-electron chi connectivity index (χ4n) is 1.30. The Kier molecular flexibility index (Phi) is 5.57. The van der Waals surface area contributed by atoms with Crippen LogP contribution in [0.2, 0.25) is 0 Å². The second-order valence-corrected chi connectivity index (χ2v) is 4.21. The number of likely N-dealkylation sites (N-methyl/N-ethyl adjacent to an activating group) is 1. The molecule has 1 rings (SSSR count). The summed E-state index contributed by atoms with van der Waals surface area (Å²) in [5, 5.41) is 3.13. The van der Waals surface area contributed by atoms with E-state index in [2.05, 4.69) is 43.0 Å². The SMILES string of the molecule is CCCN(CCNC)c1ncc(Br)cn1. The van der Waals surface area contributed by atoms with Crippen molar-refractivity contribution in [1.29, 1.82) is 0 Å². The molecule has 0 unspecified atom stereocenters. The summed E-state index contributed by atoms with van der Waals surface area (Å²) >= 11 is 3.33. The van der Waals surface area contributed by atoms with E-state index < -0.39 is 0 Å². The fourth-order valence-corrected chi connectivity index (χ4v) is 1.50. The van der Waals surface area contributed by atoms with Gasteiger partial charge in [-0.2, -0.15) is 0 Å². The molecular formula is C10H17BrN4. The average molecular weight is 273 g/mol. The van der Waals surface area contributed by atoms with Crippen LogP contribution < -0.4 is 10.2 Å². The van der Waals surface area contributed by atoms with E-state index >= 15 is 0 Å². The van der Waals surface area contributed by atoms with Crippen molar-refractivity contribution in [3.63, 3.8) is 0 Å². The number of aromatic nitrogens is 2. The molecule has 0 aliphatic heterocycles. The van der Waals surface area contributed by atoms with Crippen molar-refractivity contribution in [2.75, 3.05) is 31.6 Å². The Morgan fingerprint density at radius 2 is 2.00 bits per heavy atom. The van der Waals surface area contributed by atoms with E-state index in [0.717, 1.165) is 36.5 Å². The zero-order valence-corrected chi connectivity index (χ0v) is 10.8. The van der Waals surface area contributed by atoms with Crippen molar-refractivity contribution in [2.45, 2.75) is 13.3 Å². The fraction of sp³-hybridized carbons (Fsp3) is 0.600. The lowest BCUT2D eigenvalue weighted by molar-refractivity contribution is 0.692. The van der Waals surface area contributed by atoms with Gasteiger partial charge >= 0.3 is 0 Å². The van der Waals surface area contributed by atoms with Gasteiger partial charge in [0.15, 0.2) is 0 Å². The van der Waals surface area contributed by atoms with E-state index in [1.54, 1.807) is 12.4 Å². The molecule has 84 valence electrons. The van der Waals surface area contributed by atoms with Gasteiger partial charge in [0.05, 0.1) is 4.47 Å². The summed E-state index contributed by atoms with van der Waals surface area (Å²) in [6.07, 6.45) is 4.66. The number of halogens is 1. The molecule has 4 nitrogen and oxygen atoms in total. The Bertz CT molecular complexity index is 275. The molecule has 0 bridgehead atoms. The standard InChI is InChI=1S/C10H17BrN4/c1-3-5-15(6-4-12-2)10-13-7-9(11)8-14-10/h7-8,12H,3-6H2,1-2H3. The lowest BCUT2D eigenvalue weighted by Gasteiger charge is -2.21. The molecule has 0 aromatic carbocycles. The molecule has 1 aromatic heterocycles. The average Bonchev–Trinajstić information content (AvgIpc) is 2.25. The van der Waals surface area contributed by atoms with Crippen molar-refractivity contribution in [2.24, 2.45) is 0 Å². The quantitative estimate of drug-likeness (QED) is 0.856. The molecule has 0 radical (unpaired) electrons. The van der Waals surface area contributed by atoms with E-state index in [4.69, 9.17) is 0 Å². The van der Waals surface area contributed by atoms with Gasteiger partial charge in [-0.25, -0.2) is 9.97 Å². The van der Waals surface area contributed by atoms with E-state index in [1.165, 1.54) is 0 Å². The monoisotopic (exact) mass is 272 g/mol. The first kappa shape index (κ1) is 12.4. The minimum atomic E-state index is 0.801. The number of rotatable bonds is 6. The van der Waals surface area contributed by atoms with Gasteiger partial charge in [-0.15, -0.1) is 0 Å². The highest BCUT2D eigenvalue weighted by Crippen LogP contribution is 2.10. The van der Waals surface area contributed by atoms with Crippen LogP contribution in [-0.2, 0) is 0 Å². The third-order valence-corrected chi connectivity index (χ3v) is 2.42. The van der Waals surface area contributed by atoms with Crippen molar-refractivity contribution in [1.82, 2.24) is 15.3 Å². The maximum Gasteiger partial charge on any atom is 0.225 e. The molecule has 5 heteroatoms. The Balaban J connectivity index is 2.65. The molecule has 0 spiro atoms. The molecule has 1 heterocycles. The maximum atomic E-state index is 4.29. The van der Waals surface area contributed by atoms with Crippen molar-refractivity contribution >= 4 is 21.9 Å². The molecule has 0 aliphatic rings. The Morgan fingerprint density at radius 1 is 1.33 bits per heavy atom. The Morgan fingerprint density at radius 3 is 2.53 bits per heavy atom. The summed E-state index contributed by atoms with van der Waals surface area (Å²) in [6, 6.07) is 0. The molecule has 0 amide bonds. The van der Waals surface area contributed by atoms with Gasteiger partial charge in [0.2, 0.25) is 5.95 Å². The number of nitrogens with zero attached hydrogens (tertiary/aromatic N) is 3. The topological polar surface area (TPSA) is 41.0 Å². The van der Waals surface area contributed by atoms with Crippen molar-refractivity contribution in [3.8, 4) is 0 Å². The molecule has 0 saturated heterocycles. The smallest absolute Gasteiger partial charge is 0.225 e. The second kappa shape index (κ2) is 6.74. The third kappa shape index (κ3) is 4.13. The number of hydrogen-bond donors (Lipinski definition) is 1. The Labute approximate surface area is 99.2 Å². The molecular weight excluding hydrogens is 256 g/mol. The largest absolute Gasteiger partial charge is 0.340 e. The first-order valence-electron chi connectivity index (χ1n) is 5.15. The molecule has 15 heavy (non-hydrogen) atoms. The summed E-state index contributed by atoms with van der Waals surface area (Å²) < 4.78 is 0.913. The first-order valence-corrected chi connectivity index (χ1v) is 5.94. The lowest BCUT2D eigenvalue weighted by Crippen LogP contribution is -2.32. The van der Waals surface area contributed by atoms with E-state index in [9.17, 15) is 0 Å². The van der Waals surface area contributed by atoms with Gasteiger partial charge in [0.25, 0.3) is 0 Å². The van der Waals surface area contributed by atoms with Gasteiger partial charge in [0.1, 0.15) is 0 Å². The van der Waals surface area contributed by atoms with Crippen LogP contribution in [0.25, 0.3) is 0 Å². The second-order valence-electron chi connectivity index (χ2n) is 3.29. The zero-order valence-electron chi connectivity index (χ0n) is 9.20. The number of anilines is 1. The van der Waals surface area contributed by atoms with Gasteiger partial charge in [-0.05, 0) is 29.4 Å². The van der Waals surface area contributed by atoms with E-state index in [-0.39, 0.29) is 0 Å². The van der Waals surface area contributed by atoms with Gasteiger partial charge in [-0.3, -0.25) is 0 Å². The minimum Gasteiger partial charge on any atom is -0.340 e. The van der Waals surface area contributed by atoms with E-state index in [1.807, 2.05) is 7.05 Å². The van der Waals surface area contributed by atoms with Crippen LogP contribution in [0.4, 0.5) is 5.95 Å². The predicted molar refractivity (Wildman–Crippen MR) is 66.2 cm³/mol. The van der Waals surface area contributed by atoms with Gasteiger partial charge in [-0.1, -0.05) is 6.92 Å². The van der Waals surface area contributed by atoms with Crippen molar-refractivity contribution in [3.05, 3.63) is 16.9 Å². The molecule has 1 aromatic rings. The summed E-state index contributed by atoms with van der Waals surface area (Å²) in [7, 11) is 1.95. The molecule has 0 saturated carbocycles. The zero-order chi connectivity index (χ0) is 11.1. The summed E-state index contributed by atoms with van der Waals surface area (Å²) in [5.41, 5.74) is 0. The van der Waals surface area contributed by atoms with E-state index in [0.29, 0.717) is 0 Å². The minimum absolute atomic E-state index is 0.801. The van der Waals surface area contributed by atoms with Crippen LogP contribution in [0.15, 0.2) is 16.9 Å². The molecule has 0 atom stereocenters. The van der Waals surface area contributed by atoms with Crippen molar-refractivity contribution < 1.29 is 0 Å². The van der Waals surface area contributed by atoms with Crippen LogP contribution >= 0.6 is 15.9 Å². The Hall–Kier alpha value is -0.680. The third-order valence-electron chi connectivity index (χ3n) is 2.01. The summed E-state index contributed by atoms with van der Waals surface area (Å²) in [6.45, 7) is 5.03. The normalized spacial score (nSPS) is 10.3. The van der Waals surface area contributed by atoms with Gasteiger partial charge in [0, 0.05) is 32.0 Å². The number of nitrogens with one attached hydrogen (secondary N) is 1. The molecule has 0 aliphatic carbocycles. The summed E-state index contributed by atoms with van der Waals surface area (Å²) in [5.74, 6) is 0.801. The van der Waals surface area contributed by atoms with Crippen LogP contribution in [0.5, 0.6) is 0 Å². The molecule has 1 N–H and O–H groups in total. The van der Waals surface area contributed by atoms with Crippen LogP contribution in [0.1, 0.15) is 13.3 Å². The molecule has 0 fully saturated rings.